The Hall–Kier alpha value is -1.39. The first-order chi connectivity index (χ1) is 8.56. The predicted octanol–water partition coefficient (Wildman–Crippen LogP) is 4.49. The van der Waals surface area contributed by atoms with Crippen molar-refractivity contribution in [3.05, 3.63) is 63.3 Å². The molecule has 92 valence electrons. The molecule has 0 spiro atoms. The van der Waals surface area contributed by atoms with E-state index in [1.807, 2.05) is 6.07 Å². The highest BCUT2D eigenvalue weighted by Gasteiger charge is 2.09. The number of amides is 1. The molecule has 0 aliphatic rings. The number of rotatable bonds is 2. The van der Waals surface area contributed by atoms with Crippen molar-refractivity contribution >= 4 is 39.1 Å². The molecule has 0 fully saturated rings. The van der Waals surface area contributed by atoms with Gasteiger partial charge >= 0.3 is 0 Å². The highest BCUT2D eigenvalue weighted by molar-refractivity contribution is 9.10. The van der Waals surface area contributed by atoms with E-state index in [2.05, 4.69) is 21.2 Å². The minimum absolute atomic E-state index is 0.0723. The van der Waals surface area contributed by atoms with Crippen LogP contribution in [0.1, 0.15) is 10.4 Å². The zero-order chi connectivity index (χ0) is 13.1. The van der Waals surface area contributed by atoms with E-state index in [-0.39, 0.29) is 10.9 Å². The van der Waals surface area contributed by atoms with Gasteiger partial charge in [0, 0.05) is 15.7 Å². The number of carbonyl (C=O) groups excluding carboxylic acids is 1. The third-order valence-electron chi connectivity index (χ3n) is 2.26. The zero-order valence-corrected chi connectivity index (χ0v) is 11.4. The van der Waals surface area contributed by atoms with Crippen LogP contribution in [0.15, 0.2) is 46.9 Å². The number of carbonyl (C=O) groups is 1. The smallest absolute Gasteiger partial charge is 0.255 e. The Labute approximate surface area is 117 Å². The van der Waals surface area contributed by atoms with E-state index in [0.717, 1.165) is 10.5 Å². The summed E-state index contributed by atoms with van der Waals surface area (Å²) < 4.78 is 13.8. The molecule has 0 heterocycles. The van der Waals surface area contributed by atoms with Crippen molar-refractivity contribution in [2.75, 3.05) is 5.32 Å². The summed E-state index contributed by atoms with van der Waals surface area (Å²) in [6.45, 7) is 0. The highest BCUT2D eigenvalue weighted by atomic mass is 79.9. The van der Waals surface area contributed by atoms with Crippen LogP contribution in [0, 0.1) is 5.82 Å². The molecule has 1 amide bonds. The summed E-state index contributed by atoms with van der Waals surface area (Å²) in [5.74, 6) is -0.884. The molecule has 0 atom stereocenters. The summed E-state index contributed by atoms with van der Waals surface area (Å²) >= 11 is 8.93. The van der Waals surface area contributed by atoms with Gasteiger partial charge in [0.1, 0.15) is 5.82 Å². The number of anilines is 1. The summed E-state index contributed by atoms with van der Waals surface area (Å²) in [5, 5.41) is 2.62. The Morgan fingerprint density at radius 3 is 2.67 bits per heavy atom. The Kier molecular flexibility index (Phi) is 3.99. The molecule has 0 aliphatic carbocycles. The molecular formula is C13H8BrClFNO. The average molecular weight is 329 g/mol. The van der Waals surface area contributed by atoms with Crippen molar-refractivity contribution in [1.29, 1.82) is 0 Å². The third kappa shape index (κ3) is 3.09. The lowest BCUT2D eigenvalue weighted by Gasteiger charge is -2.06. The summed E-state index contributed by atoms with van der Waals surface area (Å²) in [6.07, 6.45) is 0. The van der Waals surface area contributed by atoms with Crippen LogP contribution in [0.25, 0.3) is 0 Å². The van der Waals surface area contributed by atoms with E-state index in [1.165, 1.54) is 12.1 Å². The van der Waals surface area contributed by atoms with E-state index in [4.69, 9.17) is 11.6 Å². The quantitative estimate of drug-likeness (QED) is 0.864. The van der Waals surface area contributed by atoms with Crippen LogP contribution in [0.5, 0.6) is 0 Å². The molecule has 0 aromatic heterocycles. The second-order valence-electron chi connectivity index (χ2n) is 3.59. The average Bonchev–Trinajstić information content (AvgIpc) is 2.32. The van der Waals surface area contributed by atoms with Gasteiger partial charge in [-0.25, -0.2) is 4.39 Å². The predicted molar refractivity (Wildman–Crippen MR) is 73.5 cm³/mol. The molecular weight excluding hydrogens is 321 g/mol. The fraction of sp³-hybridized carbons (Fsp3) is 0. The lowest BCUT2D eigenvalue weighted by atomic mass is 10.2. The molecule has 2 nitrogen and oxygen atoms in total. The van der Waals surface area contributed by atoms with Crippen LogP contribution in [0.4, 0.5) is 10.1 Å². The molecule has 18 heavy (non-hydrogen) atoms. The molecule has 0 bridgehead atoms. The van der Waals surface area contributed by atoms with Crippen molar-refractivity contribution in [3.63, 3.8) is 0 Å². The zero-order valence-electron chi connectivity index (χ0n) is 9.08. The van der Waals surface area contributed by atoms with E-state index in [1.54, 1.807) is 18.2 Å². The Morgan fingerprint density at radius 2 is 2.00 bits per heavy atom. The van der Waals surface area contributed by atoms with E-state index >= 15 is 0 Å². The van der Waals surface area contributed by atoms with Crippen LogP contribution in [-0.2, 0) is 0 Å². The van der Waals surface area contributed by atoms with Crippen molar-refractivity contribution < 1.29 is 9.18 Å². The Balaban J connectivity index is 2.19. The van der Waals surface area contributed by atoms with Gasteiger partial charge in [-0.05, 0) is 36.4 Å². The first-order valence-electron chi connectivity index (χ1n) is 5.08. The van der Waals surface area contributed by atoms with Crippen LogP contribution in [-0.4, -0.2) is 5.91 Å². The maximum Gasteiger partial charge on any atom is 0.255 e. The number of benzene rings is 2. The molecule has 2 aromatic rings. The molecule has 0 unspecified atom stereocenters. The van der Waals surface area contributed by atoms with Gasteiger partial charge in [-0.2, -0.15) is 0 Å². The molecule has 1 N–H and O–H groups in total. The molecule has 2 rings (SSSR count). The number of halogens is 3. The van der Waals surface area contributed by atoms with Gasteiger partial charge in [0.25, 0.3) is 5.91 Å². The fourth-order valence-electron chi connectivity index (χ4n) is 1.41. The summed E-state index contributed by atoms with van der Waals surface area (Å²) in [4.78, 5) is 11.9. The van der Waals surface area contributed by atoms with Gasteiger partial charge in [-0.1, -0.05) is 33.6 Å². The Bertz CT molecular complexity index is 603. The summed E-state index contributed by atoms with van der Waals surface area (Å²) in [5.41, 5.74) is 0.955. The van der Waals surface area contributed by atoms with E-state index in [9.17, 15) is 9.18 Å². The van der Waals surface area contributed by atoms with Crippen molar-refractivity contribution in [3.8, 4) is 0 Å². The van der Waals surface area contributed by atoms with Crippen LogP contribution in [0.2, 0.25) is 5.02 Å². The molecule has 0 saturated heterocycles. The standard InChI is InChI=1S/C13H8BrClFNO/c14-9-2-1-3-10(7-9)17-13(18)8-4-5-12(16)11(15)6-8/h1-7H,(H,17,18). The van der Waals surface area contributed by atoms with Crippen LogP contribution >= 0.6 is 27.5 Å². The minimum Gasteiger partial charge on any atom is -0.322 e. The molecule has 0 saturated carbocycles. The SMILES string of the molecule is O=C(Nc1cccc(Br)c1)c1ccc(F)c(Cl)c1. The van der Waals surface area contributed by atoms with Gasteiger partial charge in [-0.15, -0.1) is 0 Å². The highest BCUT2D eigenvalue weighted by Crippen LogP contribution is 2.19. The summed E-state index contributed by atoms with van der Waals surface area (Å²) in [6, 6.07) is 11.0. The molecule has 5 heteroatoms. The Morgan fingerprint density at radius 1 is 1.22 bits per heavy atom. The first-order valence-corrected chi connectivity index (χ1v) is 6.25. The minimum atomic E-state index is -0.546. The lowest BCUT2D eigenvalue weighted by molar-refractivity contribution is 0.102. The largest absolute Gasteiger partial charge is 0.322 e. The van der Waals surface area contributed by atoms with Gasteiger partial charge in [0.05, 0.1) is 5.02 Å². The number of hydrogen-bond acceptors (Lipinski definition) is 1. The molecule has 2 aromatic carbocycles. The second-order valence-corrected chi connectivity index (χ2v) is 4.92. The maximum atomic E-state index is 13.0. The van der Waals surface area contributed by atoms with Gasteiger partial charge in [-0.3, -0.25) is 4.79 Å². The van der Waals surface area contributed by atoms with Crippen LogP contribution in [0.3, 0.4) is 0 Å². The normalized spacial score (nSPS) is 10.2. The monoisotopic (exact) mass is 327 g/mol. The van der Waals surface area contributed by atoms with Gasteiger partial charge < -0.3 is 5.32 Å². The van der Waals surface area contributed by atoms with Crippen molar-refractivity contribution in [1.82, 2.24) is 0 Å². The summed E-state index contributed by atoms with van der Waals surface area (Å²) in [7, 11) is 0. The number of nitrogens with one attached hydrogen (secondary N) is 1. The first kappa shape index (κ1) is 13.1. The molecule has 0 aliphatic heterocycles. The van der Waals surface area contributed by atoms with Crippen LogP contribution < -0.4 is 5.32 Å². The maximum absolute atomic E-state index is 13.0. The van der Waals surface area contributed by atoms with E-state index in [0.29, 0.717) is 11.3 Å². The van der Waals surface area contributed by atoms with Gasteiger partial charge in [0.2, 0.25) is 0 Å². The molecule has 0 radical (unpaired) electrons. The van der Waals surface area contributed by atoms with Crippen molar-refractivity contribution in [2.24, 2.45) is 0 Å². The topological polar surface area (TPSA) is 29.1 Å². The fourth-order valence-corrected chi connectivity index (χ4v) is 1.99. The second kappa shape index (κ2) is 5.50. The third-order valence-corrected chi connectivity index (χ3v) is 3.05. The van der Waals surface area contributed by atoms with E-state index < -0.39 is 5.82 Å². The van der Waals surface area contributed by atoms with Crippen molar-refractivity contribution in [2.45, 2.75) is 0 Å². The lowest BCUT2D eigenvalue weighted by Crippen LogP contribution is -2.11. The number of hydrogen-bond donors (Lipinski definition) is 1. The van der Waals surface area contributed by atoms with Gasteiger partial charge in [0.15, 0.2) is 0 Å².